The van der Waals surface area contributed by atoms with E-state index in [0.29, 0.717) is 12.0 Å². The Morgan fingerprint density at radius 2 is 2.04 bits per heavy atom. The molecule has 0 saturated heterocycles. The third-order valence-corrected chi connectivity index (χ3v) is 3.22. The first kappa shape index (κ1) is 18.9. The predicted octanol–water partition coefficient (Wildman–Crippen LogP) is 2.46. The number of ether oxygens (including phenoxy) is 1. The molecule has 1 aromatic carbocycles. The van der Waals surface area contributed by atoms with Crippen LogP contribution < -0.4 is 11.0 Å². The van der Waals surface area contributed by atoms with Gasteiger partial charge in [-0.25, -0.2) is 4.79 Å². The number of nitrogens with one attached hydrogen (secondary N) is 1. The SMILES string of the molecule is CCCC(=O)OCC=C=Cn1ccc(NC(=O)c2ccccc2)nc1=O. The molecule has 0 aliphatic rings. The molecule has 2 rings (SSSR count). The van der Waals surface area contributed by atoms with Crippen LogP contribution in [0.3, 0.4) is 0 Å². The van der Waals surface area contributed by atoms with E-state index in [1.807, 2.05) is 6.92 Å². The molecule has 7 nitrogen and oxygen atoms in total. The van der Waals surface area contributed by atoms with Gasteiger partial charge in [0.15, 0.2) is 0 Å². The van der Waals surface area contributed by atoms with Crippen molar-refractivity contribution < 1.29 is 14.3 Å². The molecule has 0 fully saturated rings. The molecule has 0 spiro atoms. The first-order valence-corrected chi connectivity index (χ1v) is 8.12. The van der Waals surface area contributed by atoms with Crippen LogP contribution in [0, 0.1) is 0 Å². The summed E-state index contributed by atoms with van der Waals surface area (Å²) in [4.78, 5) is 38.9. The summed E-state index contributed by atoms with van der Waals surface area (Å²) in [6.45, 7) is 1.98. The van der Waals surface area contributed by atoms with Gasteiger partial charge in [-0.05, 0) is 30.7 Å². The Morgan fingerprint density at radius 1 is 1.27 bits per heavy atom. The quantitative estimate of drug-likeness (QED) is 0.610. The highest BCUT2D eigenvalue weighted by Gasteiger charge is 2.06. The van der Waals surface area contributed by atoms with Gasteiger partial charge in [-0.2, -0.15) is 4.98 Å². The zero-order valence-corrected chi connectivity index (χ0v) is 14.3. The van der Waals surface area contributed by atoms with Crippen molar-refractivity contribution in [3.63, 3.8) is 0 Å². The minimum Gasteiger partial charge on any atom is -0.461 e. The van der Waals surface area contributed by atoms with Crippen LogP contribution in [0.1, 0.15) is 30.1 Å². The highest BCUT2D eigenvalue weighted by Crippen LogP contribution is 2.04. The highest BCUT2D eigenvalue weighted by molar-refractivity contribution is 6.03. The lowest BCUT2D eigenvalue weighted by molar-refractivity contribution is -0.142. The standard InChI is InChI=1S/C19H19N3O4/c1-2-8-17(23)26-14-7-6-12-22-13-11-16(21-19(22)25)20-18(24)15-9-4-3-5-10-15/h3-5,7,9-13H,2,8,14H2,1H3,(H,20,21,24,25). The van der Waals surface area contributed by atoms with Crippen LogP contribution in [-0.4, -0.2) is 28.0 Å². The predicted molar refractivity (Wildman–Crippen MR) is 97.6 cm³/mol. The summed E-state index contributed by atoms with van der Waals surface area (Å²) >= 11 is 0. The topological polar surface area (TPSA) is 90.3 Å². The minimum atomic E-state index is -0.570. The Morgan fingerprint density at radius 3 is 2.73 bits per heavy atom. The van der Waals surface area contributed by atoms with Crippen molar-refractivity contribution in [3.8, 4) is 0 Å². The molecule has 1 amide bonds. The second kappa shape index (κ2) is 9.76. The van der Waals surface area contributed by atoms with Crippen LogP contribution in [0.4, 0.5) is 5.82 Å². The lowest BCUT2D eigenvalue weighted by atomic mass is 10.2. The number of nitrogens with zero attached hydrogens (tertiary/aromatic N) is 2. The first-order chi connectivity index (χ1) is 12.6. The number of hydrogen-bond donors (Lipinski definition) is 1. The molecule has 1 N–H and O–H groups in total. The van der Waals surface area contributed by atoms with Crippen molar-refractivity contribution in [3.05, 3.63) is 70.5 Å². The molecule has 0 aliphatic carbocycles. The molecule has 0 atom stereocenters. The van der Waals surface area contributed by atoms with Crippen LogP contribution in [0.5, 0.6) is 0 Å². The highest BCUT2D eigenvalue weighted by atomic mass is 16.5. The van der Waals surface area contributed by atoms with Gasteiger partial charge >= 0.3 is 11.7 Å². The molecular formula is C19H19N3O4. The smallest absolute Gasteiger partial charge is 0.354 e. The summed E-state index contributed by atoms with van der Waals surface area (Å²) in [5.74, 6) is -0.464. The average Bonchev–Trinajstić information content (AvgIpc) is 2.64. The molecule has 0 saturated carbocycles. The maximum absolute atomic E-state index is 12.0. The van der Waals surface area contributed by atoms with Crippen LogP contribution in [0.25, 0.3) is 6.20 Å². The second-order valence-electron chi connectivity index (χ2n) is 5.26. The number of aromatic nitrogens is 2. The number of carbonyl (C=O) groups is 2. The third-order valence-electron chi connectivity index (χ3n) is 3.22. The largest absolute Gasteiger partial charge is 0.461 e. The number of amides is 1. The molecule has 1 aromatic heterocycles. The summed E-state index contributed by atoms with van der Waals surface area (Å²) < 4.78 is 6.12. The molecule has 0 unspecified atom stereocenters. The first-order valence-electron chi connectivity index (χ1n) is 8.12. The number of carbonyl (C=O) groups excluding carboxylic acids is 2. The van der Waals surface area contributed by atoms with E-state index in [9.17, 15) is 14.4 Å². The number of esters is 1. The van der Waals surface area contributed by atoms with Gasteiger partial charge in [-0.3, -0.25) is 14.2 Å². The summed E-state index contributed by atoms with van der Waals surface area (Å²) in [6.07, 6.45) is 5.42. The van der Waals surface area contributed by atoms with Gasteiger partial charge in [-0.15, -0.1) is 5.73 Å². The molecule has 2 aromatic rings. The minimum absolute atomic E-state index is 0.0860. The van der Waals surface area contributed by atoms with Crippen molar-refractivity contribution >= 4 is 23.9 Å². The fourth-order valence-electron chi connectivity index (χ4n) is 1.95. The maximum Gasteiger partial charge on any atom is 0.354 e. The zero-order chi connectivity index (χ0) is 18.8. The van der Waals surface area contributed by atoms with E-state index in [1.165, 1.54) is 29.1 Å². The molecule has 0 radical (unpaired) electrons. The van der Waals surface area contributed by atoms with E-state index in [-0.39, 0.29) is 24.3 Å². The van der Waals surface area contributed by atoms with Gasteiger partial charge in [0.25, 0.3) is 5.91 Å². The average molecular weight is 353 g/mol. The second-order valence-corrected chi connectivity index (χ2v) is 5.26. The molecule has 0 bridgehead atoms. The molecule has 134 valence electrons. The third kappa shape index (κ3) is 5.89. The molecule has 7 heteroatoms. The van der Waals surface area contributed by atoms with E-state index in [0.717, 1.165) is 6.42 Å². The van der Waals surface area contributed by atoms with Crippen LogP contribution in [-0.2, 0) is 9.53 Å². The molecule has 26 heavy (non-hydrogen) atoms. The number of hydrogen-bond acceptors (Lipinski definition) is 5. The fourth-order valence-corrected chi connectivity index (χ4v) is 1.95. The summed E-state index contributed by atoms with van der Waals surface area (Å²) in [6, 6.07) is 10.1. The van der Waals surface area contributed by atoms with Crippen LogP contribution >= 0.6 is 0 Å². The summed E-state index contributed by atoms with van der Waals surface area (Å²) in [5, 5.41) is 2.56. The number of benzene rings is 1. The van der Waals surface area contributed by atoms with E-state index < -0.39 is 5.69 Å². The van der Waals surface area contributed by atoms with Gasteiger partial charge in [0.05, 0.1) is 6.20 Å². The zero-order valence-electron chi connectivity index (χ0n) is 14.3. The van der Waals surface area contributed by atoms with Gasteiger partial charge in [0.1, 0.15) is 12.4 Å². The van der Waals surface area contributed by atoms with Gasteiger partial charge in [0.2, 0.25) is 0 Å². The van der Waals surface area contributed by atoms with Crippen LogP contribution in [0.15, 0.2) is 59.2 Å². The molecule has 0 aliphatic heterocycles. The molecular weight excluding hydrogens is 334 g/mol. The van der Waals surface area contributed by atoms with Crippen molar-refractivity contribution in [2.24, 2.45) is 0 Å². The Labute approximate surface area is 150 Å². The van der Waals surface area contributed by atoms with E-state index >= 15 is 0 Å². The van der Waals surface area contributed by atoms with E-state index in [1.54, 1.807) is 30.3 Å². The number of rotatable bonds is 7. The lowest BCUT2D eigenvalue weighted by Gasteiger charge is -2.04. The lowest BCUT2D eigenvalue weighted by Crippen LogP contribution is -2.21. The maximum atomic E-state index is 12.0. The van der Waals surface area contributed by atoms with Gasteiger partial charge in [0, 0.05) is 18.2 Å². The Balaban J connectivity index is 1.96. The van der Waals surface area contributed by atoms with Crippen molar-refractivity contribution in [2.45, 2.75) is 19.8 Å². The fraction of sp³-hybridized carbons (Fsp3) is 0.211. The number of anilines is 1. The Kier molecular flexibility index (Phi) is 7.09. The summed E-state index contributed by atoms with van der Waals surface area (Å²) in [7, 11) is 0. The summed E-state index contributed by atoms with van der Waals surface area (Å²) in [5.41, 5.74) is 2.64. The van der Waals surface area contributed by atoms with E-state index in [2.05, 4.69) is 16.0 Å². The van der Waals surface area contributed by atoms with Gasteiger partial charge in [-0.1, -0.05) is 25.1 Å². The molecule has 1 heterocycles. The monoisotopic (exact) mass is 353 g/mol. The normalized spacial score (nSPS) is 9.73. The Hall–Kier alpha value is -3.44. The van der Waals surface area contributed by atoms with Crippen LogP contribution in [0.2, 0.25) is 0 Å². The van der Waals surface area contributed by atoms with Crippen molar-refractivity contribution in [1.29, 1.82) is 0 Å². The Bertz CT molecular complexity index is 881. The van der Waals surface area contributed by atoms with Crippen molar-refractivity contribution in [2.75, 3.05) is 11.9 Å². The van der Waals surface area contributed by atoms with Crippen molar-refractivity contribution in [1.82, 2.24) is 9.55 Å². The van der Waals surface area contributed by atoms with Gasteiger partial charge < -0.3 is 10.1 Å². The van der Waals surface area contributed by atoms with E-state index in [4.69, 9.17) is 4.74 Å².